The van der Waals surface area contributed by atoms with Gasteiger partial charge >= 0.3 is 0 Å². The molecular weight excluding hydrogens is 463 g/mol. The number of aryl methyl sites for hydroxylation is 1. The van der Waals surface area contributed by atoms with Gasteiger partial charge in [0.05, 0.1) is 26.4 Å². The van der Waals surface area contributed by atoms with Crippen LogP contribution in [0.25, 0.3) is 0 Å². The van der Waals surface area contributed by atoms with E-state index in [9.17, 15) is 13.2 Å². The number of rotatable bonds is 7. The minimum absolute atomic E-state index is 0.164. The molecule has 1 amide bonds. The first-order valence-corrected chi connectivity index (χ1v) is 12.0. The maximum Gasteiger partial charge on any atom is 0.261 e. The maximum absolute atomic E-state index is 12.4. The Labute approximate surface area is 189 Å². The highest BCUT2D eigenvalue weighted by Crippen LogP contribution is 2.30. The van der Waals surface area contributed by atoms with Gasteiger partial charge in [0.15, 0.2) is 0 Å². The van der Waals surface area contributed by atoms with Crippen LogP contribution >= 0.6 is 35.0 Å². The van der Waals surface area contributed by atoms with Crippen LogP contribution in [0.15, 0.2) is 76.5 Å². The Bertz CT molecular complexity index is 1150. The molecule has 3 rings (SSSR count). The summed E-state index contributed by atoms with van der Waals surface area (Å²) in [4.78, 5) is 13.2. The van der Waals surface area contributed by atoms with Crippen molar-refractivity contribution >= 4 is 62.3 Å². The lowest BCUT2D eigenvalue weighted by atomic mass is 10.2. The molecule has 0 unspecified atom stereocenters. The first-order chi connectivity index (χ1) is 14.2. The lowest BCUT2D eigenvalue weighted by Gasteiger charge is -2.10. The van der Waals surface area contributed by atoms with Crippen LogP contribution in [-0.2, 0) is 14.8 Å². The van der Waals surface area contributed by atoms with Gasteiger partial charge in [-0.05, 0) is 55.5 Å². The highest BCUT2D eigenvalue weighted by molar-refractivity contribution is 8.00. The van der Waals surface area contributed by atoms with E-state index in [1.807, 2.05) is 6.92 Å². The van der Waals surface area contributed by atoms with Gasteiger partial charge in [0.25, 0.3) is 10.0 Å². The van der Waals surface area contributed by atoms with Crippen molar-refractivity contribution in [2.75, 3.05) is 15.8 Å². The van der Waals surface area contributed by atoms with Crippen molar-refractivity contribution in [1.82, 2.24) is 0 Å². The molecule has 3 aromatic carbocycles. The minimum atomic E-state index is -3.66. The van der Waals surface area contributed by atoms with E-state index in [0.29, 0.717) is 21.4 Å². The molecule has 0 fully saturated rings. The number of nitrogens with one attached hydrogen (secondary N) is 2. The van der Waals surface area contributed by atoms with E-state index >= 15 is 0 Å². The fraction of sp³-hybridized carbons (Fsp3) is 0.0952. The predicted octanol–water partition coefficient (Wildman–Crippen LogP) is 5.83. The minimum Gasteiger partial charge on any atom is -0.324 e. The summed E-state index contributed by atoms with van der Waals surface area (Å²) >= 11 is 13.3. The largest absolute Gasteiger partial charge is 0.324 e. The van der Waals surface area contributed by atoms with Gasteiger partial charge in [0, 0.05) is 10.6 Å². The van der Waals surface area contributed by atoms with Crippen LogP contribution in [0.2, 0.25) is 10.0 Å². The molecule has 0 saturated carbocycles. The van der Waals surface area contributed by atoms with Crippen molar-refractivity contribution in [1.29, 1.82) is 0 Å². The SMILES string of the molecule is Cc1ccc(S(=O)(=O)Nc2ccc(SCC(=O)Nc3cccc(Cl)c3Cl)cc2)cc1. The summed E-state index contributed by atoms with van der Waals surface area (Å²) in [7, 11) is -3.66. The number of carbonyl (C=O) groups excluding carboxylic acids is 1. The number of hydrogen-bond donors (Lipinski definition) is 2. The lowest BCUT2D eigenvalue weighted by Crippen LogP contribution is -2.14. The molecule has 30 heavy (non-hydrogen) atoms. The quantitative estimate of drug-likeness (QED) is 0.416. The first-order valence-electron chi connectivity index (χ1n) is 8.81. The number of hydrogen-bond acceptors (Lipinski definition) is 4. The van der Waals surface area contributed by atoms with Crippen LogP contribution in [-0.4, -0.2) is 20.1 Å². The van der Waals surface area contributed by atoms with Gasteiger partial charge in [-0.3, -0.25) is 9.52 Å². The van der Waals surface area contributed by atoms with Gasteiger partial charge in [-0.15, -0.1) is 11.8 Å². The fourth-order valence-electron chi connectivity index (χ4n) is 2.49. The summed E-state index contributed by atoms with van der Waals surface area (Å²) in [5, 5.41) is 3.38. The standard InChI is InChI=1S/C21H18Cl2N2O3S2/c1-14-5-11-17(12-6-14)30(27,28)25-15-7-9-16(10-8-15)29-13-20(26)24-19-4-2-3-18(22)21(19)23/h2-12,25H,13H2,1H3,(H,24,26). The number of sulfonamides is 1. The Morgan fingerprint density at radius 2 is 1.63 bits per heavy atom. The zero-order chi connectivity index (χ0) is 21.7. The van der Waals surface area contributed by atoms with E-state index in [1.165, 1.54) is 11.8 Å². The Morgan fingerprint density at radius 3 is 2.30 bits per heavy atom. The van der Waals surface area contributed by atoms with Gasteiger partial charge in [-0.1, -0.05) is 47.0 Å². The molecule has 0 heterocycles. The average molecular weight is 481 g/mol. The zero-order valence-corrected chi connectivity index (χ0v) is 19.0. The molecule has 0 aliphatic heterocycles. The molecule has 0 bridgehead atoms. The third-order valence-electron chi connectivity index (χ3n) is 4.03. The maximum atomic E-state index is 12.4. The first kappa shape index (κ1) is 22.5. The van der Waals surface area contributed by atoms with Gasteiger partial charge in [-0.25, -0.2) is 8.42 Å². The second-order valence-electron chi connectivity index (χ2n) is 6.38. The molecule has 0 atom stereocenters. The monoisotopic (exact) mass is 480 g/mol. The van der Waals surface area contributed by atoms with Crippen LogP contribution < -0.4 is 10.0 Å². The zero-order valence-electron chi connectivity index (χ0n) is 15.9. The molecule has 156 valence electrons. The third-order valence-corrected chi connectivity index (χ3v) is 7.26. The Morgan fingerprint density at radius 1 is 0.967 bits per heavy atom. The second kappa shape index (κ2) is 9.75. The second-order valence-corrected chi connectivity index (χ2v) is 9.90. The van der Waals surface area contributed by atoms with Crippen molar-refractivity contribution in [3.05, 3.63) is 82.3 Å². The van der Waals surface area contributed by atoms with E-state index in [-0.39, 0.29) is 16.6 Å². The summed E-state index contributed by atoms with van der Waals surface area (Å²) < 4.78 is 27.4. The van der Waals surface area contributed by atoms with Gasteiger partial charge < -0.3 is 5.32 Å². The summed E-state index contributed by atoms with van der Waals surface area (Å²) in [6.45, 7) is 1.89. The number of thioether (sulfide) groups is 1. The highest BCUT2D eigenvalue weighted by Gasteiger charge is 2.14. The summed E-state index contributed by atoms with van der Waals surface area (Å²) in [6.07, 6.45) is 0. The number of benzene rings is 3. The van der Waals surface area contributed by atoms with Crippen LogP contribution in [0, 0.1) is 6.92 Å². The molecular formula is C21H18Cl2N2O3S2. The Hall–Kier alpha value is -2.19. The van der Waals surface area contributed by atoms with E-state index in [1.54, 1.807) is 66.7 Å². The van der Waals surface area contributed by atoms with Gasteiger partial charge in [0.2, 0.25) is 5.91 Å². The van der Waals surface area contributed by atoms with Crippen LogP contribution in [0.1, 0.15) is 5.56 Å². The smallest absolute Gasteiger partial charge is 0.261 e. The van der Waals surface area contributed by atoms with Gasteiger partial charge in [0.1, 0.15) is 0 Å². The Kier molecular flexibility index (Phi) is 7.31. The van der Waals surface area contributed by atoms with E-state index in [2.05, 4.69) is 10.0 Å². The summed E-state index contributed by atoms with van der Waals surface area (Å²) in [6, 6.07) is 18.4. The van der Waals surface area contributed by atoms with E-state index < -0.39 is 10.0 Å². The topological polar surface area (TPSA) is 75.3 Å². The summed E-state index contributed by atoms with van der Waals surface area (Å²) in [5.41, 5.74) is 1.88. The number of anilines is 2. The highest BCUT2D eigenvalue weighted by atomic mass is 35.5. The number of halogens is 2. The van der Waals surface area contributed by atoms with Crippen LogP contribution in [0.4, 0.5) is 11.4 Å². The molecule has 0 aromatic heterocycles. The fourth-order valence-corrected chi connectivity index (χ4v) is 4.59. The van der Waals surface area contributed by atoms with Crippen molar-refractivity contribution in [2.24, 2.45) is 0 Å². The lowest BCUT2D eigenvalue weighted by molar-refractivity contribution is -0.113. The molecule has 0 saturated heterocycles. The van der Waals surface area contributed by atoms with E-state index in [4.69, 9.17) is 23.2 Å². The molecule has 0 radical (unpaired) electrons. The molecule has 2 N–H and O–H groups in total. The molecule has 5 nitrogen and oxygen atoms in total. The number of amides is 1. The predicted molar refractivity (Wildman–Crippen MR) is 124 cm³/mol. The molecule has 0 aliphatic carbocycles. The van der Waals surface area contributed by atoms with Crippen LogP contribution in [0.3, 0.4) is 0 Å². The summed E-state index contributed by atoms with van der Waals surface area (Å²) in [5.74, 6) is -0.0644. The Balaban J connectivity index is 1.57. The molecule has 0 spiro atoms. The molecule has 9 heteroatoms. The van der Waals surface area contributed by atoms with Crippen LogP contribution in [0.5, 0.6) is 0 Å². The van der Waals surface area contributed by atoms with Crippen molar-refractivity contribution in [2.45, 2.75) is 16.7 Å². The number of carbonyl (C=O) groups is 1. The molecule has 3 aromatic rings. The van der Waals surface area contributed by atoms with E-state index in [0.717, 1.165) is 10.5 Å². The molecule has 0 aliphatic rings. The average Bonchev–Trinajstić information content (AvgIpc) is 2.71. The van der Waals surface area contributed by atoms with Crippen molar-refractivity contribution in [3.8, 4) is 0 Å². The van der Waals surface area contributed by atoms with Crippen molar-refractivity contribution in [3.63, 3.8) is 0 Å². The van der Waals surface area contributed by atoms with Crippen molar-refractivity contribution < 1.29 is 13.2 Å². The normalized spacial score (nSPS) is 11.2. The third kappa shape index (κ3) is 5.92. The van der Waals surface area contributed by atoms with Gasteiger partial charge in [-0.2, -0.15) is 0 Å².